The third-order valence-electron chi connectivity index (χ3n) is 5.21. The summed E-state index contributed by atoms with van der Waals surface area (Å²) >= 11 is 0. The van der Waals surface area contributed by atoms with Crippen molar-refractivity contribution in [3.63, 3.8) is 0 Å². The molecule has 168 valence electrons. The second-order valence-electron chi connectivity index (χ2n) is 7.45. The summed E-state index contributed by atoms with van der Waals surface area (Å²) in [5, 5.41) is 4.14. The van der Waals surface area contributed by atoms with E-state index in [2.05, 4.69) is 16.2 Å². The molecule has 7 nitrogen and oxygen atoms in total. The van der Waals surface area contributed by atoms with Crippen LogP contribution < -0.4 is 16.2 Å². The van der Waals surface area contributed by atoms with Crippen molar-refractivity contribution in [1.29, 1.82) is 0 Å². The Balaban J connectivity index is 1.36. The lowest BCUT2D eigenvalue weighted by Gasteiger charge is -2.11. The zero-order valence-corrected chi connectivity index (χ0v) is 18.1. The Morgan fingerprint density at radius 2 is 1.18 bits per heavy atom. The highest BCUT2D eigenvalue weighted by atomic mass is 16.2. The molecule has 3 amide bonds. The number of fused-ring (bicyclic) bond motifs is 1. The first-order valence-corrected chi connectivity index (χ1v) is 10.6. The molecule has 0 fully saturated rings. The van der Waals surface area contributed by atoms with Crippen molar-refractivity contribution in [2.75, 3.05) is 6.54 Å². The first-order chi connectivity index (χ1) is 16.5. The van der Waals surface area contributed by atoms with E-state index < -0.39 is 17.7 Å². The van der Waals surface area contributed by atoms with Crippen molar-refractivity contribution >= 4 is 34.3 Å². The third-order valence-corrected chi connectivity index (χ3v) is 5.21. The van der Waals surface area contributed by atoms with Crippen molar-refractivity contribution in [1.82, 2.24) is 16.2 Å². The van der Waals surface area contributed by atoms with E-state index >= 15 is 0 Å². The summed E-state index contributed by atoms with van der Waals surface area (Å²) in [6.45, 7) is -0.386. The largest absolute Gasteiger partial charge is 0.343 e. The zero-order chi connectivity index (χ0) is 23.9. The molecule has 0 bridgehead atoms. The van der Waals surface area contributed by atoms with Crippen molar-refractivity contribution in [2.24, 2.45) is 0 Å². The van der Waals surface area contributed by atoms with Crippen LogP contribution in [-0.2, 0) is 4.79 Å². The fourth-order valence-corrected chi connectivity index (χ4v) is 3.54. The Bertz CT molecular complexity index is 1380. The van der Waals surface area contributed by atoms with E-state index in [-0.39, 0.29) is 23.5 Å². The van der Waals surface area contributed by atoms with Crippen LogP contribution in [0, 0.1) is 0 Å². The zero-order valence-electron chi connectivity index (χ0n) is 18.1. The molecule has 0 atom stereocenters. The Hall–Kier alpha value is -4.78. The van der Waals surface area contributed by atoms with Crippen LogP contribution in [-0.4, -0.2) is 30.0 Å². The summed E-state index contributed by atoms with van der Waals surface area (Å²) in [6, 6.07) is 27.7. The molecule has 34 heavy (non-hydrogen) atoms. The topological polar surface area (TPSA) is 104 Å². The van der Waals surface area contributed by atoms with E-state index in [1.165, 1.54) is 6.07 Å². The van der Waals surface area contributed by atoms with Gasteiger partial charge < -0.3 is 5.32 Å². The van der Waals surface area contributed by atoms with Gasteiger partial charge in [-0.25, -0.2) is 0 Å². The van der Waals surface area contributed by atoms with Gasteiger partial charge in [-0.05, 0) is 22.9 Å². The van der Waals surface area contributed by atoms with Crippen molar-refractivity contribution in [3.05, 3.63) is 119 Å². The number of hydrogen-bond acceptors (Lipinski definition) is 4. The Morgan fingerprint density at radius 1 is 0.559 bits per heavy atom. The lowest BCUT2D eigenvalue weighted by Crippen LogP contribution is -2.46. The monoisotopic (exact) mass is 451 g/mol. The molecule has 0 spiro atoms. The maximum Gasteiger partial charge on any atom is 0.270 e. The molecule has 3 N–H and O–H groups in total. The average molecular weight is 451 g/mol. The van der Waals surface area contributed by atoms with Gasteiger partial charge in [0, 0.05) is 16.7 Å². The molecule has 0 aliphatic carbocycles. The minimum Gasteiger partial charge on any atom is -0.343 e. The van der Waals surface area contributed by atoms with Crippen LogP contribution in [0.5, 0.6) is 0 Å². The lowest BCUT2D eigenvalue weighted by atomic mass is 9.98. The Labute approximate surface area is 195 Å². The fourth-order valence-electron chi connectivity index (χ4n) is 3.54. The van der Waals surface area contributed by atoms with Crippen LogP contribution in [0.1, 0.15) is 36.6 Å². The second kappa shape index (κ2) is 10.2. The lowest BCUT2D eigenvalue weighted by molar-refractivity contribution is -0.120. The normalized spacial score (nSPS) is 10.4. The van der Waals surface area contributed by atoms with Gasteiger partial charge >= 0.3 is 0 Å². The minimum atomic E-state index is -0.617. The maximum atomic E-state index is 12.8. The number of benzene rings is 4. The Kier molecular flexibility index (Phi) is 6.74. The van der Waals surface area contributed by atoms with Crippen LogP contribution in [0.3, 0.4) is 0 Å². The SMILES string of the molecule is O=C(CNC(=O)c1ccccc1C(=O)c1ccccc1)NNC(=O)c1cccc2ccccc12. The van der Waals surface area contributed by atoms with Gasteiger partial charge in [0.05, 0.1) is 12.1 Å². The number of hydrogen-bond donors (Lipinski definition) is 3. The van der Waals surface area contributed by atoms with Gasteiger partial charge in [0.25, 0.3) is 17.7 Å². The number of nitrogens with one attached hydrogen (secondary N) is 3. The number of rotatable bonds is 6. The first-order valence-electron chi connectivity index (χ1n) is 10.6. The van der Waals surface area contributed by atoms with E-state index in [0.29, 0.717) is 11.1 Å². The molecule has 0 saturated heterocycles. The number of hydrazine groups is 1. The van der Waals surface area contributed by atoms with E-state index in [0.717, 1.165) is 10.8 Å². The molecule has 4 aromatic rings. The summed E-state index contributed by atoms with van der Waals surface area (Å²) in [4.78, 5) is 50.2. The predicted octanol–water partition coefficient (Wildman–Crippen LogP) is 3.26. The smallest absolute Gasteiger partial charge is 0.270 e. The molecule has 0 radical (unpaired) electrons. The molecule has 0 aliphatic rings. The van der Waals surface area contributed by atoms with E-state index in [9.17, 15) is 19.2 Å². The molecule has 0 aromatic heterocycles. The molecular formula is C27H21N3O4. The number of ketones is 1. The predicted molar refractivity (Wildman–Crippen MR) is 128 cm³/mol. The van der Waals surface area contributed by atoms with Crippen molar-refractivity contribution < 1.29 is 19.2 Å². The van der Waals surface area contributed by atoms with Gasteiger partial charge in [-0.1, -0.05) is 84.9 Å². The molecule has 7 heteroatoms. The summed E-state index contributed by atoms with van der Waals surface area (Å²) < 4.78 is 0. The van der Waals surface area contributed by atoms with Gasteiger partial charge in [-0.15, -0.1) is 0 Å². The molecule has 0 heterocycles. The average Bonchev–Trinajstić information content (AvgIpc) is 2.90. The molecular weight excluding hydrogens is 430 g/mol. The molecule has 4 rings (SSSR count). The second-order valence-corrected chi connectivity index (χ2v) is 7.45. The number of carbonyl (C=O) groups excluding carboxylic acids is 4. The molecule has 0 unspecified atom stereocenters. The molecule has 0 aliphatic heterocycles. The van der Waals surface area contributed by atoms with Crippen LogP contribution in [0.15, 0.2) is 97.1 Å². The van der Waals surface area contributed by atoms with Crippen molar-refractivity contribution in [3.8, 4) is 0 Å². The Morgan fingerprint density at radius 3 is 1.97 bits per heavy atom. The number of carbonyl (C=O) groups is 4. The van der Waals surface area contributed by atoms with Gasteiger partial charge in [0.1, 0.15) is 0 Å². The van der Waals surface area contributed by atoms with E-state index in [1.54, 1.807) is 60.7 Å². The van der Waals surface area contributed by atoms with Crippen LogP contribution in [0.4, 0.5) is 0 Å². The van der Waals surface area contributed by atoms with Crippen molar-refractivity contribution in [2.45, 2.75) is 0 Å². The summed E-state index contributed by atoms with van der Waals surface area (Å²) in [5.41, 5.74) is 5.91. The highest BCUT2D eigenvalue weighted by Crippen LogP contribution is 2.18. The highest BCUT2D eigenvalue weighted by molar-refractivity contribution is 6.15. The van der Waals surface area contributed by atoms with Crippen LogP contribution in [0.25, 0.3) is 10.8 Å². The standard InChI is InChI=1S/C27H21N3O4/c31-24(29-30-27(34)22-16-8-12-18-9-4-5-13-20(18)22)17-28-26(33)23-15-7-6-14-21(23)25(32)19-10-2-1-3-11-19/h1-16H,17H2,(H,28,33)(H,29,31)(H,30,34). The number of amides is 3. The first kappa shape index (κ1) is 22.4. The van der Waals surface area contributed by atoms with Crippen LogP contribution in [0.2, 0.25) is 0 Å². The molecule has 0 saturated carbocycles. The van der Waals surface area contributed by atoms with Crippen LogP contribution >= 0.6 is 0 Å². The summed E-state index contributed by atoms with van der Waals surface area (Å²) in [6.07, 6.45) is 0. The minimum absolute atomic E-state index is 0.156. The van der Waals surface area contributed by atoms with E-state index in [4.69, 9.17) is 0 Å². The highest BCUT2D eigenvalue weighted by Gasteiger charge is 2.18. The van der Waals surface area contributed by atoms with Gasteiger partial charge in [-0.2, -0.15) is 0 Å². The van der Waals surface area contributed by atoms with Gasteiger partial charge in [0.15, 0.2) is 5.78 Å². The van der Waals surface area contributed by atoms with Gasteiger partial charge in [-0.3, -0.25) is 30.0 Å². The molecule has 4 aromatic carbocycles. The third kappa shape index (κ3) is 4.99. The maximum absolute atomic E-state index is 12.8. The fraction of sp³-hybridized carbons (Fsp3) is 0.0370. The van der Waals surface area contributed by atoms with E-state index in [1.807, 2.05) is 30.3 Å². The quantitative estimate of drug-likeness (QED) is 0.309. The van der Waals surface area contributed by atoms with Gasteiger partial charge in [0.2, 0.25) is 0 Å². The summed E-state index contributed by atoms with van der Waals surface area (Å²) in [5.74, 6) is -1.96. The summed E-state index contributed by atoms with van der Waals surface area (Å²) in [7, 11) is 0.